The Hall–Kier alpha value is -1.75. The number of piperidine rings is 1. The summed E-state index contributed by atoms with van der Waals surface area (Å²) in [6.07, 6.45) is 1.66. The highest BCUT2D eigenvalue weighted by molar-refractivity contribution is 6.10. The SMILES string of the molecule is CC1(C)C2C(=O)N(Cc3ccnc(CN)c3)C(=O)C21. The van der Waals surface area contributed by atoms with E-state index in [1.165, 1.54) is 4.90 Å². The average Bonchev–Trinajstić information content (AvgIpc) is 2.86. The standard InChI is InChI=1S/C14H17N3O2/c1-14(2)10-11(14)13(19)17(12(10)18)7-8-3-4-16-9(5-8)6-15/h3-5,10-11H,6-7,15H2,1-2H3. The average molecular weight is 259 g/mol. The van der Waals surface area contributed by atoms with Gasteiger partial charge in [0.1, 0.15) is 0 Å². The van der Waals surface area contributed by atoms with Gasteiger partial charge in [-0.1, -0.05) is 13.8 Å². The van der Waals surface area contributed by atoms with Gasteiger partial charge < -0.3 is 5.73 Å². The number of nitrogens with two attached hydrogens (primary N) is 1. The second kappa shape index (κ2) is 3.87. The van der Waals surface area contributed by atoms with Gasteiger partial charge in [-0.25, -0.2) is 0 Å². The zero-order chi connectivity index (χ0) is 13.8. The van der Waals surface area contributed by atoms with Crippen LogP contribution in [0, 0.1) is 17.3 Å². The molecule has 1 saturated heterocycles. The van der Waals surface area contributed by atoms with Gasteiger partial charge in [-0.3, -0.25) is 19.5 Å². The Morgan fingerprint density at radius 1 is 1.32 bits per heavy atom. The van der Waals surface area contributed by atoms with E-state index < -0.39 is 0 Å². The lowest BCUT2D eigenvalue weighted by atomic mass is 10.1. The van der Waals surface area contributed by atoms with Crippen molar-refractivity contribution in [3.63, 3.8) is 0 Å². The van der Waals surface area contributed by atoms with E-state index in [4.69, 9.17) is 5.73 Å². The Morgan fingerprint density at radius 2 is 1.95 bits per heavy atom. The number of rotatable bonds is 3. The summed E-state index contributed by atoms with van der Waals surface area (Å²) in [6, 6.07) is 3.66. The predicted octanol–water partition coefficient (Wildman–Crippen LogP) is 0.681. The molecule has 2 amide bonds. The number of aromatic nitrogens is 1. The van der Waals surface area contributed by atoms with E-state index >= 15 is 0 Å². The van der Waals surface area contributed by atoms with Gasteiger partial charge >= 0.3 is 0 Å². The van der Waals surface area contributed by atoms with Gasteiger partial charge in [0.2, 0.25) is 11.8 Å². The zero-order valence-electron chi connectivity index (χ0n) is 11.1. The van der Waals surface area contributed by atoms with Crippen molar-refractivity contribution in [2.45, 2.75) is 26.9 Å². The number of amides is 2. The van der Waals surface area contributed by atoms with Crippen LogP contribution in [-0.4, -0.2) is 21.7 Å². The molecule has 0 aromatic carbocycles. The molecule has 2 aliphatic rings. The highest BCUT2D eigenvalue weighted by Crippen LogP contribution is 2.63. The molecular weight excluding hydrogens is 242 g/mol. The summed E-state index contributed by atoms with van der Waals surface area (Å²) in [5.74, 6) is -0.302. The second-order valence-electron chi connectivity index (χ2n) is 5.90. The highest BCUT2D eigenvalue weighted by Gasteiger charge is 2.72. The Balaban J connectivity index is 1.79. The summed E-state index contributed by atoms with van der Waals surface area (Å²) in [4.78, 5) is 29.9. The van der Waals surface area contributed by atoms with E-state index in [0.29, 0.717) is 13.1 Å². The molecule has 3 rings (SSSR count). The molecule has 2 N–H and O–H groups in total. The first-order chi connectivity index (χ1) is 8.96. The Morgan fingerprint density at radius 3 is 2.53 bits per heavy atom. The largest absolute Gasteiger partial charge is 0.325 e. The van der Waals surface area contributed by atoms with Crippen LogP contribution in [0.15, 0.2) is 18.3 Å². The Bertz CT molecular complexity index is 544. The second-order valence-corrected chi connectivity index (χ2v) is 5.90. The molecule has 1 aromatic heterocycles. The Kier molecular flexibility index (Phi) is 2.50. The minimum absolute atomic E-state index is 0.0360. The maximum Gasteiger partial charge on any atom is 0.233 e. The molecule has 5 heteroatoms. The molecule has 2 unspecified atom stereocenters. The molecule has 5 nitrogen and oxygen atoms in total. The lowest BCUT2D eigenvalue weighted by Gasteiger charge is -2.20. The molecule has 1 saturated carbocycles. The number of hydrogen-bond donors (Lipinski definition) is 1. The number of nitrogens with zero attached hydrogens (tertiary/aromatic N) is 2. The van der Waals surface area contributed by atoms with Crippen molar-refractivity contribution in [3.8, 4) is 0 Å². The summed E-state index contributed by atoms with van der Waals surface area (Å²) >= 11 is 0. The maximum absolute atomic E-state index is 12.2. The summed E-state index contributed by atoms with van der Waals surface area (Å²) in [7, 11) is 0. The van der Waals surface area contributed by atoms with Crippen LogP contribution in [0.25, 0.3) is 0 Å². The fourth-order valence-electron chi connectivity index (χ4n) is 3.08. The van der Waals surface area contributed by atoms with Gasteiger partial charge in [0.25, 0.3) is 0 Å². The number of carbonyl (C=O) groups is 2. The topological polar surface area (TPSA) is 76.3 Å². The first-order valence-corrected chi connectivity index (χ1v) is 6.46. The minimum atomic E-state index is -0.147. The lowest BCUT2D eigenvalue weighted by Crippen LogP contribution is -2.35. The number of imide groups is 1. The smallest absolute Gasteiger partial charge is 0.233 e. The van der Waals surface area contributed by atoms with Crippen molar-refractivity contribution >= 4 is 11.8 Å². The molecule has 0 bridgehead atoms. The number of likely N-dealkylation sites (tertiary alicyclic amines) is 1. The van der Waals surface area contributed by atoms with E-state index in [1.807, 2.05) is 26.0 Å². The molecule has 2 fully saturated rings. The van der Waals surface area contributed by atoms with Crippen molar-refractivity contribution < 1.29 is 9.59 Å². The minimum Gasteiger partial charge on any atom is -0.325 e. The molecule has 0 spiro atoms. The normalized spacial score (nSPS) is 27.6. The van der Waals surface area contributed by atoms with Crippen molar-refractivity contribution in [2.24, 2.45) is 23.0 Å². The van der Waals surface area contributed by atoms with Gasteiger partial charge in [0.05, 0.1) is 24.1 Å². The van der Waals surface area contributed by atoms with Crippen LogP contribution in [0.5, 0.6) is 0 Å². The van der Waals surface area contributed by atoms with Gasteiger partial charge in [0.15, 0.2) is 0 Å². The molecule has 0 radical (unpaired) electrons. The summed E-state index contributed by atoms with van der Waals surface area (Å²) < 4.78 is 0. The number of fused-ring (bicyclic) bond motifs is 1. The number of pyridine rings is 1. The number of hydrogen-bond acceptors (Lipinski definition) is 4. The van der Waals surface area contributed by atoms with Crippen molar-refractivity contribution in [1.29, 1.82) is 0 Å². The lowest BCUT2D eigenvalue weighted by molar-refractivity contribution is -0.143. The quantitative estimate of drug-likeness (QED) is 0.810. The Labute approximate surface area is 111 Å². The maximum atomic E-state index is 12.2. The molecular formula is C14H17N3O2. The van der Waals surface area contributed by atoms with Crippen LogP contribution in [-0.2, 0) is 22.7 Å². The summed E-state index contributed by atoms with van der Waals surface area (Å²) in [5.41, 5.74) is 7.05. The third-order valence-corrected chi connectivity index (χ3v) is 4.32. The van der Waals surface area contributed by atoms with Crippen LogP contribution in [0.4, 0.5) is 0 Å². The van der Waals surface area contributed by atoms with Crippen LogP contribution >= 0.6 is 0 Å². The van der Waals surface area contributed by atoms with Crippen LogP contribution in [0.3, 0.4) is 0 Å². The van der Waals surface area contributed by atoms with Gasteiger partial charge in [0, 0.05) is 12.7 Å². The molecule has 100 valence electrons. The fraction of sp³-hybridized carbons (Fsp3) is 0.500. The first kappa shape index (κ1) is 12.3. The van der Waals surface area contributed by atoms with Crippen molar-refractivity contribution in [2.75, 3.05) is 0 Å². The van der Waals surface area contributed by atoms with E-state index in [9.17, 15) is 9.59 Å². The first-order valence-electron chi connectivity index (χ1n) is 6.46. The molecule has 2 heterocycles. The van der Waals surface area contributed by atoms with Crippen molar-refractivity contribution in [3.05, 3.63) is 29.6 Å². The van der Waals surface area contributed by atoms with Gasteiger partial charge in [-0.05, 0) is 23.1 Å². The van der Waals surface area contributed by atoms with Crippen molar-refractivity contribution in [1.82, 2.24) is 9.88 Å². The van der Waals surface area contributed by atoms with E-state index in [2.05, 4.69) is 4.98 Å². The summed E-state index contributed by atoms with van der Waals surface area (Å²) in [6.45, 7) is 4.65. The molecule has 2 atom stereocenters. The molecule has 1 aliphatic carbocycles. The third kappa shape index (κ3) is 1.69. The van der Waals surface area contributed by atoms with E-state index in [0.717, 1.165) is 11.3 Å². The highest BCUT2D eigenvalue weighted by atomic mass is 16.2. The van der Waals surface area contributed by atoms with Crippen LogP contribution < -0.4 is 5.73 Å². The van der Waals surface area contributed by atoms with Crippen LogP contribution in [0.1, 0.15) is 25.1 Å². The van der Waals surface area contributed by atoms with E-state index in [-0.39, 0.29) is 29.1 Å². The van der Waals surface area contributed by atoms with Gasteiger partial charge in [-0.15, -0.1) is 0 Å². The molecule has 1 aromatic rings. The van der Waals surface area contributed by atoms with E-state index in [1.54, 1.807) is 6.20 Å². The third-order valence-electron chi connectivity index (χ3n) is 4.32. The summed E-state index contributed by atoms with van der Waals surface area (Å²) in [5, 5.41) is 0. The fourth-order valence-corrected chi connectivity index (χ4v) is 3.08. The van der Waals surface area contributed by atoms with Crippen LogP contribution in [0.2, 0.25) is 0 Å². The molecule has 1 aliphatic heterocycles. The number of carbonyl (C=O) groups excluding carboxylic acids is 2. The van der Waals surface area contributed by atoms with Gasteiger partial charge in [-0.2, -0.15) is 0 Å². The predicted molar refractivity (Wildman–Crippen MR) is 68.4 cm³/mol. The zero-order valence-corrected chi connectivity index (χ0v) is 11.1. The molecule has 19 heavy (non-hydrogen) atoms. The monoisotopic (exact) mass is 259 g/mol.